The summed E-state index contributed by atoms with van der Waals surface area (Å²) in [6.45, 7) is 3.27. The number of carbonyl (C=O) groups excluding carboxylic acids is 1. The highest BCUT2D eigenvalue weighted by molar-refractivity contribution is 5.76. The molecular weight excluding hydrogens is 240 g/mol. The second-order valence-electron chi connectivity index (χ2n) is 5.05. The quantitative estimate of drug-likeness (QED) is 0.836. The third-order valence-electron chi connectivity index (χ3n) is 3.54. The molecule has 0 saturated heterocycles. The standard InChI is InChI=1S/C15H22N2O2/c1-3-19-15(18)13(16)10-11-6-7-14-12(9-11)5-4-8-17(14)2/h6-7,9,13H,3-5,8,10,16H2,1-2H3. The highest BCUT2D eigenvalue weighted by atomic mass is 16.5. The van der Waals surface area contributed by atoms with Gasteiger partial charge in [0.2, 0.25) is 0 Å². The van der Waals surface area contributed by atoms with Crippen LogP contribution < -0.4 is 10.6 Å². The molecule has 104 valence electrons. The molecule has 0 aromatic heterocycles. The number of hydrogen-bond acceptors (Lipinski definition) is 4. The summed E-state index contributed by atoms with van der Waals surface area (Å²) in [5.41, 5.74) is 9.60. The summed E-state index contributed by atoms with van der Waals surface area (Å²) < 4.78 is 4.93. The third kappa shape index (κ3) is 3.26. The van der Waals surface area contributed by atoms with Crippen molar-refractivity contribution in [1.82, 2.24) is 0 Å². The molecule has 1 aromatic rings. The lowest BCUT2D eigenvalue weighted by atomic mass is 9.97. The lowest BCUT2D eigenvalue weighted by Gasteiger charge is -2.28. The van der Waals surface area contributed by atoms with Crippen LogP contribution in [0.1, 0.15) is 24.5 Å². The fraction of sp³-hybridized carbons (Fsp3) is 0.533. The molecule has 2 N–H and O–H groups in total. The van der Waals surface area contributed by atoms with Crippen LogP contribution in [0.4, 0.5) is 5.69 Å². The van der Waals surface area contributed by atoms with E-state index in [0.717, 1.165) is 18.5 Å². The van der Waals surface area contributed by atoms with Crippen molar-refractivity contribution in [2.75, 3.05) is 25.1 Å². The minimum Gasteiger partial charge on any atom is -0.465 e. The number of fused-ring (bicyclic) bond motifs is 1. The Hall–Kier alpha value is -1.55. The smallest absolute Gasteiger partial charge is 0.323 e. The molecule has 1 atom stereocenters. The number of hydrogen-bond donors (Lipinski definition) is 1. The first-order valence-corrected chi connectivity index (χ1v) is 6.87. The van der Waals surface area contributed by atoms with Crippen molar-refractivity contribution in [2.24, 2.45) is 5.73 Å². The summed E-state index contributed by atoms with van der Waals surface area (Å²) >= 11 is 0. The van der Waals surface area contributed by atoms with E-state index in [9.17, 15) is 4.79 Å². The number of carbonyl (C=O) groups is 1. The summed E-state index contributed by atoms with van der Waals surface area (Å²) in [5, 5.41) is 0. The van der Waals surface area contributed by atoms with E-state index in [1.165, 1.54) is 17.7 Å². The molecule has 0 bridgehead atoms. The van der Waals surface area contributed by atoms with E-state index in [1.54, 1.807) is 6.92 Å². The van der Waals surface area contributed by atoms with Crippen LogP contribution in [0.15, 0.2) is 18.2 Å². The molecule has 0 aliphatic carbocycles. The van der Waals surface area contributed by atoms with Gasteiger partial charge >= 0.3 is 5.97 Å². The molecule has 1 aliphatic rings. The monoisotopic (exact) mass is 262 g/mol. The Balaban J connectivity index is 2.08. The molecule has 4 heteroatoms. The van der Waals surface area contributed by atoms with Gasteiger partial charge in [-0.1, -0.05) is 12.1 Å². The molecule has 4 nitrogen and oxygen atoms in total. The van der Waals surface area contributed by atoms with E-state index in [4.69, 9.17) is 10.5 Å². The van der Waals surface area contributed by atoms with Crippen molar-refractivity contribution in [2.45, 2.75) is 32.2 Å². The number of esters is 1. The van der Waals surface area contributed by atoms with Crippen LogP contribution in [-0.2, 0) is 22.4 Å². The highest BCUT2D eigenvalue weighted by Gasteiger charge is 2.18. The first-order chi connectivity index (χ1) is 9.11. The summed E-state index contributed by atoms with van der Waals surface area (Å²) in [4.78, 5) is 13.8. The Labute approximate surface area is 114 Å². The number of benzene rings is 1. The second-order valence-corrected chi connectivity index (χ2v) is 5.05. The van der Waals surface area contributed by atoms with Crippen molar-refractivity contribution < 1.29 is 9.53 Å². The largest absolute Gasteiger partial charge is 0.465 e. The molecule has 2 rings (SSSR count). The molecule has 1 heterocycles. The fourth-order valence-electron chi connectivity index (χ4n) is 2.55. The van der Waals surface area contributed by atoms with Gasteiger partial charge in [-0.15, -0.1) is 0 Å². The van der Waals surface area contributed by atoms with Crippen LogP contribution in [0.5, 0.6) is 0 Å². The van der Waals surface area contributed by atoms with E-state index in [1.807, 2.05) is 0 Å². The van der Waals surface area contributed by atoms with Crippen LogP contribution in [0.3, 0.4) is 0 Å². The Morgan fingerprint density at radius 3 is 3.05 bits per heavy atom. The Morgan fingerprint density at radius 1 is 1.53 bits per heavy atom. The van der Waals surface area contributed by atoms with Crippen LogP contribution in [0.25, 0.3) is 0 Å². The minimum absolute atomic E-state index is 0.322. The average Bonchev–Trinajstić information content (AvgIpc) is 2.39. The van der Waals surface area contributed by atoms with Gasteiger partial charge in [-0.2, -0.15) is 0 Å². The molecule has 19 heavy (non-hydrogen) atoms. The van der Waals surface area contributed by atoms with Gasteiger partial charge in [-0.3, -0.25) is 4.79 Å². The highest BCUT2D eigenvalue weighted by Crippen LogP contribution is 2.27. The lowest BCUT2D eigenvalue weighted by Crippen LogP contribution is -2.34. The number of rotatable bonds is 4. The molecule has 0 spiro atoms. The van der Waals surface area contributed by atoms with Crippen molar-refractivity contribution >= 4 is 11.7 Å². The fourth-order valence-corrected chi connectivity index (χ4v) is 2.55. The summed E-state index contributed by atoms with van der Waals surface area (Å²) in [7, 11) is 2.11. The van der Waals surface area contributed by atoms with Crippen molar-refractivity contribution in [1.29, 1.82) is 0 Å². The number of aryl methyl sites for hydroxylation is 1. The molecular formula is C15H22N2O2. The minimum atomic E-state index is -0.570. The SMILES string of the molecule is CCOC(=O)C(N)Cc1ccc2c(c1)CCCN2C. The maximum Gasteiger partial charge on any atom is 0.323 e. The van der Waals surface area contributed by atoms with E-state index in [-0.39, 0.29) is 5.97 Å². The van der Waals surface area contributed by atoms with Crippen molar-refractivity contribution in [3.05, 3.63) is 29.3 Å². The maximum atomic E-state index is 11.5. The average molecular weight is 262 g/mol. The van der Waals surface area contributed by atoms with Gasteiger partial charge in [0.25, 0.3) is 0 Å². The van der Waals surface area contributed by atoms with Gasteiger partial charge in [0.1, 0.15) is 6.04 Å². The Morgan fingerprint density at radius 2 is 2.32 bits per heavy atom. The number of ether oxygens (including phenoxy) is 1. The van der Waals surface area contributed by atoms with E-state index in [0.29, 0.717) is 13.0 Å². The van der Waals surface area contributed by atoms with E-state index in [2.05, 4.69) is 30.1 Å². The topological polar surface area (TPSA) is 55.6 Å². The van der Waals surface area contributed by atoms with Gasteiger partial charge in [0.05, 0.1) is 6.61 Å². The van der Waals surface area contributed by atoms with E-state index < -0.39 is 6.04 Å². The number of nitrogens with two attached hydrogens (primary N) is 1. The second kappa shape index (κ2) is 6.06. The van der Waals surface area contributed by atoms with Gasteiger partial charge in [0.15, 0.2) is 0 Å². The summed E-state index contributed by atoms with van der Waals surface area (Å²) in [5.74, 6) is -0.322. The van der Waals surface area contributed by atoms with Crippen molar-refractivity contribution in [3.63, 3.8) is 0 Å². The molecule has 1 aromatic carbocycles. The first-order valence-electron chi connectivity index (χ1n) is 6.87. The molecule has 0 amide bonds. The summed E-state index contributed by atoms with van der Waals surface area (Å²) in [6.07, 6.45) is 2.81. The summed E-state index contributed by atoms with van der Waals surface area (Å²) in [6, 6.07) is 5.78. The normalized spacial score (nSPS) is 15.8. The zero-order chi connectivity index (χ0) is 13.8. The van der Waals surface area contributed by atoms with Gasteiger partial charge < -0.3 is 15.4 Å². The predicted octanol–water partition coefficient (Wildman–Crippen LogP) is 1.50. The van der Waals surface area contributed by atoms with Crippen LogP contribution >= 0.6 is 0 Å². The van der Waals surface area contributed by atoms with Gasteiger partial charge in [-0.05, 0) is 43.4 Å². The van der Waals surface area contributed by atoms with Gasteiger partial charge in [-0.25, -0.2) is 0 Å². The predicted molar refractivity (Wildman–Crippen MR) is 76.3 cm³/mol. The Bertz CT molecular complexity index is 459. The molecule has 0 fully saturated rings. The zero-order valence-electron chi connectivity index (χ0n) is 11.7. The van der Waals surface area contributed by atoms with Crippen molar-refractivity contribution in [3.8, 4) is 0 Å². The lowest BCUT2D eigenvalue weighted by molar-refractivity contribution is -0.144. The van der Waals surface area contributed by atoms with Gasteiger partial charge in [0, 0.05) is 19.3 Å². The Kier molecular flexibility index (Phi) is 4.43. The number of anilines is 1. The molecule has 1 aliphatic heterocycles. The number of nitrogens with zero attached hydrogens (tertiary/aromatic N) is 1. The first kappa shape index (κ1) is 13.9. The molecule has 1 unspecified atom stereocenters. The molecule has 0 radical (unpaired) electrons. The third-order valence-corrected chi connectivity index (χ3v) is 3.54. The van der Waals surface area contributed by atoms with Crippen LogP contribution in [-0.4, -0.2) is 32.2 Å². The maximum absolute atomic E-state index is 11.5. The zero-order valence-corrected chi connectivity index (χ0v) is 11.7. The molecule has 0 saturated carbocycles. The van der Waals surface area contributed by atoms with E-state index >= 15 is 0 Å². The van der Waals surface area contributed by atoms with Crippen LogP contribution in [0, 0.1) is 0 Å². The van der Waals surface area contributed by atoms with Crippen LogP contribution in [0.2, 0.25) is 0 Å².